The average Bonchev–Trinajstić information content (AvgIpc) is 1.01. The minimum Gasteiger partial charge on any atom is -0.756 e. The van der Waals surface area contributed by atoms with Crippen LogP contribution in [0, 0.1) is 0 Å². The van der Waals surface area contributed by atoms with Gasteiger partial charge in [0.15, 0.2) is 12.6 Å². The first-order valence-electron chi connectivity index (χ1n) is 32.0. The molecule has 0 spiro atoms. The van der Waals surface area contributed by atoms with Crippen LogP contribution in [-0.4, -0.2) is 118 Å². The highest BCUT2D eigenvalue weighted by atomic mass is 31.3. The number of carbonyl (C=O) groups excluding carboxylic acids is 1. The lowest BCUT2D eigenvalue weighted by atomic mass is 9.95. The van der Waals surface area contributed by atoms with Gasteiger partial charge in [0.1, 0.15) is 48.8 Å². The lowest BCUT2D eigenvalue weighted by Crippen LogP contribution is -2.68. The van der Waals surface area contributed by atoms with Gasteiger partial charge in [0.25, 0.3) is 15.6 Å². The smallest absolute Gasteiger partial charge is 0.276 e. The van der Waals surface area contributed by atoms with E-state index >= 15 is 0 Å². The molecule has 2 aliphatic rings. The summed E-state index contributed by atoms with van der Waals surface area (Å²) >= 11 is 0. The molecule has 0 aromatic rings. The molecule has 508 valence electrons. The zero-order valence-electron chi connectivity index (χ0n) is 56.0. The molecule has 89 heavy (non-hydrogen) atoms. The second kappa shape index (κ2) is 44.2. The number of nitrogens with one attached hydrogen (secondary N) is 1. The molecule has 1 amide bonds. The van der Waals surface area contributed by atoms with Gasteiger partial charge in [-0.3, -0.25) is 18.4 Å². The van der Waals surface area contributed by atoms with E-state index in [2.05, 4.69) is 147 Å². The van der Waals surface area contributed by atoms with Gasteiger partial charge in [0.2, 0.25) is 5.91 Å². The number of rotatable bonds is 42. The normalized spacial score (nSPS) is 25.7. The van der Waals surface area contributed by atoms with Crippen LogP contribution in [0.5, 0.6) is 0 Å². The maximum atomic E-state index is 13.0. The Bertz CT molecular complexity index is 2590. The summed E-state index contributed by atoms with van der Waals surface area (Å²) in [7, 11) is -11.6. The number of aliphatic hydroxyl groups is 6. The molecule has 18 nitrogen and oxygen atoms in total. The molecule has 2 aliphatic heterocycles. The van der Waals surface area contributed by atoms with E-state index < -0.39 is 103 Å². The Morgan fingerprint density at radius 1 is 0.427 bits per heavy atom. The SMILES string of the molecule is CC(=O)N[C@H]1[C@H](OP(=O)([O-])OP(=O)([O-])OC/C=C(/C)CC/C=C(/C)CC/C=C(/C)CC/C=C(/C)CC/C=C(/C)CC/C=C(/C)CC/C=C(/C)CC/C=C(/C)CC/C=C(\C)CC/C=C(\C)CCC=C(C)C)O[C@H](CO)[C@@H](O)[C@@H]1O[C@@H]1O[C@H](CO)[C@@H](O)[C@H](O)[C@H]1O. The van der Waals surface area contributed by atoms with Gasteiger partial charge in [-0.15, -0.1) is 0 Å². The molecule has 2 saturated heterocycles. The summed E-state index contributed by atoms with van der Waals surface area (Å²) in [6.45, 7) is 24.7. The standard InChI is InChI=1S/C69H115NO17P2/c1-48(2)24-14-25-49(3)26-15-27-50(4)28-16-29-51(5)30-17-31-52(6)32-18-33-53(7)34-19-35-54(8)36-20-37-55(9)38-21-39-56(10)40-22-41-57(11)42-23-43-58(12)44-45-82-88(78,79)87-89(80,81)86-68-62(70-59(13)73)67(64(75)61(47-72)83-68)85-69-66(77)65(76)63(74)60(46-71)84-69/h24,26,28,30,32,34,36,38,40,42,44,60-69,71-72,74-77H,14-23,25,27,29,31,33,35,37,39,41,43,45-47H2,1-13H3,(H,70,73)(H,78,79)(H,80,81)/p-2/b49-26+,50-28+,51-30-,52-32-,53-34-,54-36-,55-38-,56-40-,57-42-,58-44-/t60-,61-,62-,63-,64-,65+,66-,67-,68+,69+/m1/s1. The second-order valence-electron chi connectivity index (χ2n) is 24.8. The van der Waals surface area contributed by atoms with Gasteiger partial charge in [-0.25, -0.2) is 4.31 Å². The van der Waals surface area contributed by atoms with E-state index in [1.54, 1.807) is 6.92 Å². The summed E-state index contributed by atoms with van der Waals surface area (Å²) in [6.07, 6.45) is 29.0. The van der Waals surface area contributed by atoms with Gasteiger partial charge in [-0.2, -0.15) is 0 Å². The Balaban J connectivity index is 1.70. The van der Waals surface area contributed by atoms with E-state index in [1.807, 2.05) is 0 Å². The van der Waals surface area contributed by atoms with Crippen LogP contribution in [-0.2, 0) is 41.5 Å². The molecule has 0 bridgehead atoms. The van der Waals surface area contributed by atoms with Gasteiger partial charge in [-0.1, -0.05) is 128 Å². The van der Waals surface area contributed by atoms with Crippen molar-refractivity contribution < 1.29 is 81.9 Å². The van der Waals surface area contributed by atoms with Crippen LogP contribution in [0.2, 0.25) is 0 Å². The summed E-state index contributed by atoms with van der Waals surface area (Å²) in [4.78, 5) is 37.9. The molecule has 0 aliphatic carbocycles. The molecule has 2 fully saturated rings. The van der Waals surface area contributed by atoms with Crippen molar-refractivity contribution in [2.45, 2.75) is 280 Å². The third-order valence-electron chi connectivity index (χ3n) is 15.8. The largest absolute Gasteiger partial charge is 0.756 e. The Morgan fingerprint density at radius 3 is 1.04 bits per heavy atom. The number of phosphoric ester groups is 2. The number of allylic oxidation sites excluding steroid dienone is 21. The molecule has 0 aromatic carbocycles. The summed E-state index contributed by atoms with van der Waals surface area (Å²) < 4.78 is 55.9. The van der Waals surface area contributed by atoms with Gasteiger partial charge < -0.3 is 64.5 Å². The fourth-order valence-corrected chi connectivity index (χ4v) is 12.1. The Labute approximate surface area is 534 Å². The van der Waals surface area contributed by atoms with Crippen LogP contribution in [0.4, 0.5) is 0 Å². The second-order valence-corrected chi connectivity index (χ2v) is 27.7. The molecule has 12 atom stereocenters. The summed E-state index contributed by atoms with van der Waals surface area (Å²) in [5, 5.41) is 63.6. The van der Waals surface area contributed by atoms with Crippen molar-refractivity contribution in [2.24, 2.45) is 0 Å². The third-order valence-corrected chi connectivity index (χ3v) is 18.4. The highest BCUT2D eigenvalue weighted by Crippen LogP contribution is 2.57. The Kier molecular flexibility index (Phi) is 40.5. The van der Waals surface area contributed by atoms with Gasteiger partial charge >= 0.3 is 0 Å². The topological polar surface area (TPSA) is 286 Å². The molecule has 0 radical (unpaired) electrons. The van der Waals surface area contributed by atoms with Gasteiger partial charge in [-0.05, 0) is 212 Å². The van der Waals surface area contributed by atoms with E-state index in [-0.39, 0.29) is 0 Å². The van der Waals surface area contributed by atoms with Crippen LogP contribution in [0.25, 0.3) is 0 Å². The molecule has 2 unspecified atom stereocenters. The maximum absolute atomic E-state index is 13.0. The number of hydrogen-bond acceptors (Lipinski definition) is 17. The van der Waals surface area contributed by atoms with Crippen molar-refractivity contribution in [3.63, 3.8) is 0 Å². The zero-order valence-corrected chi connectivity index (χ0v) is 57.7. The van der Waals surface area contributed by atoms with Crippen molar-refractivity contribution >= 4 is 21.6 Å². The molecule has 2 rings (SSSR count). The first-order chi connectivity index (χ1) is 42.0. The van der Waals surface area contributed by atoms with E-state index in [4.69, 9.17) is 23.3 Å². The first-order valence-corrected chi connectivity index (χ1v) is 34.9. The van der Waals surface area contributed by atoms with Crippen LogP contribution in [0.3, 0.4) is 0 Å². The van der Waals surface area contributed by atoms with Crippen LogP contribution >= 0.6 is 15.6 Å². The van der Waals surface area contributed by atoms with E-state index in [9.17, 15) is 54.4 Å². The molecule has 0 saturated carbocycles. The number of ether oxygens (including phenoxy) is 3. The predicted molar refractivity (Wildman–Crippen MR) is 351 cm³/mol. The summed E-state index contributed by atoms with van der Waals surface area (Å²) in [5.41, 5.74) is 15.0. The highest BCUT2D eigenvalue weighted by Gasteiger charge is 2.52. The third kappa shape index (κ3) is 35.9. The van der Waals surface area contributed by atoms with E-state index in [1.165, 1.54) is 61.8 Å². The maximum Gasteiger partial charge on any atom is 0.276 e. The summed E-state index contributed by atoms with van der Waals surface area (Å²) in [6, 6.07) is -1.82. The Morgan fingerprint density at radius 2 is 0.730 bits per heavy atom. The van der Waals surface area contributed by atoms with Crippen LogP contribution < -0.4 is 15.1 Å². The Hall–Kier alpha value is -3.49. The number of hydrogen-bond donors (Lipinski definition) is 7. The minimum absolute atomic E-state index is 0.570. The minimum atomic E-state index is -5.95. The quantitative estimate of drug-likeness (QED) is 0.0221. The number of phosphoric acid groups is 2. The first kappa shape index (κ1) is 81.6. The predicted octanol–water partition coefficient (Wildman–Crippen LogP) is 13.0. The molecule has 2 heterocycles. The number of amides is 1. The molecule has 0 aromatic heterocycles. The van der Waals surface area contributed by atoms with E-state index in [0.29, 0.717) is 12.8 Å². The fraction of sp³-hybridized carbons (Fsp3) is 0.667. The molecule has 7 N–H and O–H groups in total. The molecular weight excluding hydrogens is 1180 g/mol. The molecular formula is C69H113NO17P2-2. The van der Waals surface area contributed by atoms with Crippen molar-refractivity contribution in [1.29, 1.82) is 0 Å². The highest BCUT2D eigenvalue weighted by molar-refractivity contribution is 7.59. The zero-order chi connectivity index (χ0) is 66.7. The fourth-order valence-electron chi connectivity index (χ4n) is 10.1. The van der Waals surface area contributed by atoms with Crippen LogP contribution in [0.1, 0.15) is 218 Å². The van der Waals surface area contributed by atoms with Crippen molar-refractivity contribution in [3.8, 4) is 0 Å². The lowest BCUT2D eigenvalue weighted by Gasteiger charge is -2.48. The lowest BCUT2D eigenvalue weighted by molar-refractivity contribution is -0.343. The average molecular weight is 1290 g/mol. The van der Waals surface area contributed by atoms with Gasteiger partial charge in [0.05, 0.1) is 19.8 Å². The summed E-state index contributed by atoms with van der Waals surface area (Å²) in [5.74, 6) is -0.853. The van der Waals surface area contributed by atoms with Crippen molar-refractivity contribution in [2.75, 3.05) is 19.8 Å². The van der Waals surface area contributed by atoms with E-state index in [0.717, 1.165) is 128 Å². The van der Waals surface area contributed by atoms with Crippen LogP contribution in [0.15, 0.2) is 128 Å². The number of carbonyl (C=O) groups is 1. The van der Waals surface area contributed by atoms with Crippen molar-refractivity contribution in [1.82, 2.24) is 5.32 Å². The monoisotopic (exact) mass is 1290 g/mol. The molecule has 20 heteroatoms. The van der Waals surface area contributed by atoms with Crippen molar-refractivity contribution in [3.05, 3.63) is 128 Å². The van der Waals surface area contributed by atoms with Gasteiger partial charge in [0, 0.05) is 6.92 Å². The number of aliphatic hydroxyl groups excluding tert-OH is 6.